The first-order chi connectivity index (χ1) is 13.9. The third-order valence-corrected chi connectivity index (χ3v) is 5.07. The Hall–Kier alpha value is -3.48. The molecule has 0 N–H and O–H groups in total. The summed E-state index contributed by atoms with van der Waals surface area (Å²) in [6.45, 7) is 10.1. The second kappa shape index (κ2) is 7.16. The molecule has 4 rings (SSSR count). The predicted octanol–water partition coefficient (Wildman–Crippen LogP) is 3.77. The Kier molecular flexibility index (Phi) is 4.66. The Morgan fingerprint density at radius 3 is 2.62 bits per heavy atom. The van der Waals surface area contributed by atoms with Crippen LogP contribution in [0.3, 0.4) is 0 Å². The zero-order valence-corrected chi connectivity index (χ0v) is 17.3. The van der Waals surface area contributed by atoms with Crippen LogP contribution in [0.2, 0.25) is 0 Å². The Bertz CT molecular complexity index is 1290. The first kappa shape index (κ1) is 18.9. The van der Waals surface area contributed by atoms with Gasteiger partial charge in [0.15, 0.2) is 0 Å². The highest BCUT2D eigenvalue weighted by Crippen LogP contribution is 2.21. The van der Waals surface area contributed by atoms with Gasteiger partial charge in [-0.25, -0.2) is 9.67 Å². The quantitative estimate of drug-likeness (QED) is 0.500. The van der Waals surface area contributed by atoms with Gasteiger partial charge >= 0.3 is 0 Å². The molecule has 0 aliphatic carbocycles. The first-order valence-electron chi connectivity index (χ1n) is 9.64. The van der Waals surface area contributed by atoms with E-state index >= 15 is 0 Å². The summed E-state index contributed by atoms with van der Waals surface area (Å²) in [5, 5.41) is 9.46. The van der Waals surface area contributed by atoms with Gasteiger partial charge in [0, 0.05) is 29.1 Å². The van der Waals surface area contributed by atoms with Crippen LogP contribution in [0.25, 0.3) is 16.7 Å². The minimum Gasteiger partial charge on any atom is -0.303 e. The third-order valence-electron chi connectivity index (χ3n) is 5.07. The second-order valence-corrected chi connectivity index (χ2v) is 7.43. The molecule has 0 aliphatic heterocycles. The highest BCUT2D eigenvalue weighted by molar-refractivity contribution is 5.82. The Labute approximate surface area is 168 Å². The minimum atomic E-state index is -0.170. The maximum atomic E-state index is 12.8. The van der Waals surface area contributed by atoms with Crippen molar-refractivity contribution < 1.29 is 0 Å². The van der Waals surface area contributed by atoms with Gasteiger partial charge in [0.25, 0.3) is 5.56 Å². The van der Waals surface area contributed by atoms with Crippen molar-refractivity contribution in [3.05, 3.63) is 75.7 Å². The van der Waals surface area contributed by atoms with Crippen LogP contribution in [0.15, 0.2) is 52.5 Å². The fourth-order valence-corrected chi connectivity index (χ4v) is 3.64. The number of rotatable bonds is 4. The van der Waals surface area contributed by atoms with Crippen molar-refractivity contribution in [2.24, 2.45) is 5.10 Å². The van der Waals surface area contributed by atoms with Crippen molar-refractivity contribution in [1.82, 2.24) is 24.0 Å². The van der Waals surface area contributed by atoms with E-state index in [1.807, 2.05) is 42.1 Å². The number of hydrogen-bond acceptors (Lipinski definition) is 4. The molecule has 148 valence electrons. The van der Waals surface area contributed by atoms with E-state index in [1.165, 1.54) is 4.68 Å². The summed E-state index contributed by atoms with van der Waals surface area (Å²) in [7, 11) is 0. The van der Waals surface area contributed by atoms with E-state index in [9.17, 15) is 4.79 Å². The fraction of sp³-hybridized carbons (Fsp3) is 0.273. The average Bonchev–Trinajstić information content (AvgIpc) is 3.26. The van der Waals surface area contributed by atoms with E-state index in [-0.39, 0.29) is 11.6 Å². The molecule has 1 aromatic carbocycles. The number of nitrogens with zero attached hydrogens (tertiary/aromatic N) is 6. The number of fused-ring (bicyclic) bond motifs is 1. The van der Waals surface area contributed by atoms with Crippen molar-refractivity contribution in [2.45, 2.75) is 40.7 Å². The normalized spacial score (nSPS) is 11.9. The third kappa shape index (κ3) is 3.18. The van der Waals surface area contributed by atoms with Gasteiger partial charge in [-0.05, 0) is 52.8 Å². The molecule has 0 amide bonds. The molecule has 4 aromatic rings. The van der Waals surface area contributed by atoms with Gasteiger partial charge in [0.05, 0.1) is 23.3 Å². The molecule has 0 spiro atoms. The van der Waals surface area contributed by atoms with E-state index in [4.69, 9.17) is 0 Å². The number of hydrogen-bond donors (Lipinski definition) is 0. The van der Waals surface area contributed by atoms with Crippen LogP contribution in [0.1, 0.15) is 42.7 Å². The van der Waals surface area contributed by atoms with E-state index < -0.39 is 0 Å². The van der Waals surface area contributed by atoms with Crippen LogP contribution in [0.4, 0.5) is 0 Å². The minimum absolute atomic E-state index is 0.170. The molecule has 29 heavy (non-hydrogen) atoms. The molecule has 0 bridgehead atoms. The van der Waals surface area contributed by atoms with E-state index in [0.29, 0.717) is 16.7 Å². The maximum Gasteiger partial charge on any atom is 0.282 e. The monoisotopic (exact) mass is 388 g/mol. The van der Waals surface area contributed by atoms with Gasteiger partial charge in [0.2, 0.25) is 0 Å². The molecular weight excluding hydrogens is 364 g/mol. The molecule has 0 radical (unpaired) electrons. The molecular formula is C22H24N6O. The molecule has 0 saturated heterocycles. The van der Waals surface area contributed by atoms with Crippen molar-refractivity contribution in [1.29, 1.82) is 0 Å². The SMILES string of the molecule is Cc1cc(/C=N\n2c(C)nc3ccccc3c2=O)c(C)n1-c1ccnn1C(C)C. The van der Waals surface area contributed by atoms with E-state index in [1.54, 1.807) is 19.2 Å². The standard InChI is InChI=1S/C22H24N6O/c1-14(2)27-21(10-11-23-27)26-15(3)12-18(16(26)4)13-24-28-17(5)25-20-9-7-6-8-19(20)22(28)29/h6-14H,1-5H3/b24-13-. The zero-order valence-electron chi connectivity index (χ0n) is 17.3. The van der Waals surface area contributed by atoms with Crippen LogP contribution in [-0.4, -0.2) is 30.2 Å². The van der Waals surface area contributed by atoms with Crippen LogP contribution in [0.5, 0.6) is 0 Å². The van der Waals surface area contributed by atoms with Gasteiger partial charge in [0.1, 0.15) is 11.6 Å². The van der Waals surface area contributed by atoms with Crippen molar-refractivity contribution >= 4 is 17.1 Å². The molecule has 0 aliphatic rings. The maximum absolute atomic E-state index is 12.8. The zero-order chi connectivity index (χ0) is 20.7. The van der Waals surface area contributed by atoms with Gasteiger partial charge in [-0.3, -0.25) is 4.79 Å². The van der Waals surface area contributed by atoms with Crippen molar-refractivity contribution in [3.8, 4) is 5.82 Å². The highest BCUT2D eigenvalue weighted by Gasteiger charge is 2.15. The Morgan fingerprint density at radius 2 is 1.86 bits per heavy atom. The van der Waals surface area contributed by atoms with Gasteiger partial charge < -0.3 is 4.57 Å². The summed E-state index contributed by atoms with van der Waals surface area (Å²) in [5.74, 6) is 1.56. The van der Waals surface area contributed by atoms with Gasteiger partial charge in [-0.15, -0.1) is 0 Å². The molecule has 0 fully saturated rings. The van der Waals surface area contributed by atoms with Gasteiger partial charge in [-0.2, -0.15) is 14.9 Å². The first-order valence-corrected chi connectivity index (χ1v) is 9.64. The molecule has 3 heterocycles. The van der Waals surface area contributed by atoms with E-state index in [0.717, 1.165) is 22.8 Å². The van der Waals surface area contributed by atoms with Crippen LogP contribution >= 0.6 is 0 Å². The Balaban J connectivity index is 1.79. The van der Waals surface area contributed by atoms with Crippen LogP contribution < -0.4 is 5.56 Å². The number of aromatic nitrogens is 5. The molecule has 0 atom stereocenters. The molecule has 0 unspecified atom stereocenters. The number of aryl methyl sites for hydroxylation is 2. The summed E-state index contributed by atoms with van der Waals surface area (Å²) >= 11 is 0. The largest absolute Gasteiger partial charge is 0.303 e. The summed E-state index contributed by atoms with van der Waals surface area (Å²) in [6.07, 6.45) is 3.53. The average molecular weight is 388 g/mol. The predicted molar refractivity (Wildman–Crippen MR) is 115 cm³/mol. The lowest BCUT2D eigenvalue weighted by Crippen LogP contribution is -2.20. The topological polar surface area (TPSA) is 70.0 Å². The van der Waals surface area contributed by atoms with Crippen LogP contribution in [-0.2, 0) is 0 Å². The number of benzene rings is 1. The number of para-hydroxylation sites is 1. The molecule has 0 saturated carbocycles. The fourth-order valence-electron chi connectivity index (χ4n) is 3.64. The highest BCUT2D eigenvalue weighted by atomic mass is 16.1. The molecule has 7 nitrogen and oxygen atoms in total. The summed E-state index contributed by atoms with van der Waals surface area (Å²) in [5.41, 5.74) is 3.57. The summed E-state index contributed by atoms with van der Waals surface area (Å²) in [4.78, 5) is 17.3. The van der Waals surface area contributed by atoms with E-state index in [2.05, 4.69) is 46.6 Å². The lowest BCUT2D eigenvalue weighted by atomic mass is 10.2. The molecule has 7 heteroatoms. The lowest BCUT2D eigenvalue weighted by Gasteiger charge is -2.15. The van der Waals surface area contributed by atoms with Crippen molar-refractivity contribution in [3.63, 3.8) is 0 Å². The summed E-state index contributed by atoms with van der Waals surface area (Å²) in [6, 6.07) is 11.6. The Morgan fingerprint density at radius 1 is 1.10 bits per heavy atom. The van der Waals surface area contributed by atoms with Gasteiger partial charge in [-0.1, -0.05) is 12.1 Å². The summed E-state index contributed by atoms with van der Waals surface area (Å²) < 4.78 is 5.50. The molecule has 3 aromatic heterocycles. The van der Waals surface area contributed by atoms with Crippen LogP contribution in [0, 0.1) is 20.8 Å². The van der Waals surface area contributed by atoms with Crippen molar-refractivity contribution in [2.75, 3.05) is 0 Å². The smallest absolute Gasteiger partial charge is 0.282 e. The lowest BCUT2D eigenvalue weighted by molar-refractivity contribution is 0.519. The second-order valence-electron chi connectivity index (χ2n) is 7.43.